The Labute approximate surface area is 186 Å². The molecule has 1 aliphatic rings. The van der Waals surface area contributed by atoms with Gasteiger partial charge in [-0.15, -0.1) is 24.0 Å². The standard InChI is InChI=1S/C20H35N5O2.HI/c1-20(2,3)27-19(26)25-12-7-9-16(14-25)13-22-18(21-4)24(6)15-17-10-8-11-23(17)5;/h8,10-11,16H,7,9,12-15H2,1-6H3,(H,21,22);1H. The average molecular weight is 505 g/mol. The number of halogens is 1. The summed E-state index contributed by atoms with van der Waals surface area (Å²) in [6.45, 7) is 8.79. The summed E-state index contributed by atoms with van der Waals surface area (Å²) in [5.74, 6) is 1.26. The number of piperidine rings is 1. The SMILES string of the molecule is CN=C(NCC1CCCN(C(=O)OC(C)(C)C)C1)N(C)Cc1cccn1C.I. The van der Waals surface area contributed by atoms with Gasteiger partial charge in [0.15, 0.2) is 5.96 Å². The fraction of sp³-hybridized carbons (Fsp3) is 0.700. The van der Waals surface area contributed by atoms with Crippen molar-refractivity contribution in [2.75, 3.05) is 33.7 Å². The second kappa shape index (κ2) is 10.9. The van der Waals surface area contributed by atoms with E-state index in [9.17, 15) is 4.79 Å². The third kappa shape index (κ3) is 7.52. The van der Waals surface area contributed by atoms with E-state index in [0.29, 0.717) is 5.92 Å². The van der Waals surface area contributed by atoms with Crippen LogP contribution in [0.2, 0.25) is 0 Å². The van der Waals surface area contributed by atoms with Gasteiger partial charge in [0.2, 0.25) is 0 Å². The molecule has 2 heterocycles. The number of hydrogen-bond acceptors (Lipinski definition) is 3. The molecule has 1 fully saturated rings. The third-order valence-electron chi connectivity index (χ3n) is 4.74. The van der Waals surface area contributed by atoms with Crippen LogP contribution in [-0.4, -0.2) is 65.8 Å². The Kier molecular flexibility index (Phi) is 9.59. The van der Waals surface area contributed by atoms with Crippen molar-refractivity contribution in [2.24, 2.45) is 18.0 Å². The van der Waals surface area contributed by atoms with Gasteiger partial charge in [-0.25, -0.2) is 4.79 Å². The number of aromatic nitrogens is 1. The van der Waals surface area contributed by atoms with Crippen LogP contribution in [-0.2, 0) is 18.3 Å². The largest absolute Gasteiger partial charge is 0.444 e. The molecule has 1 saturated heterocycles. The van der Waals surface area contributed by atoms with Gasteiger partial charge in [-0.3, -0.25) is 4.99 Å². The maximum Gasteiger partial charge on any atom is 0.410 e. The summed E-state index contributed by atoms with van der Waals surface area (Å²) in [6.07, 6.45) is 3.94. The van der Waals surface area contributed by atoms with Crippen LogP contribution in [0.25, 0.3) is 0 Å². The third-order valence-corrected chi connectivity index (χ3v) is 4.74. The first-order valence-electron chi connectivity index (χ1n) is 9.69. The number of carbonyl (C=O) groups is 1. The van der Waals surface area contributed by atoms with Crippen molar-refractivity contribution >= 4 is 36.0 Å². The van der Waals surface area contributed by atoms with Crippen molar-refractivity contribution < 1.29 is 9.53 Å². The average Bonchev–Trinajstić information content (AvgIpc) is 2.99. The van der Waals surface area contributed by atoms with Crippen molar-refractivity contribution in [3.8, 4) is 0 Å². The molecule has 1 atom stereocenters. The highest BCUT2D eigenvalue weighted by molar-refractivity contribution is 14.0. The number of nitrogens with one attached hydrogen (secondary N) is 1. The number of guanidine groups is 1. The van der Waals surface area contributed by atoms with E-state index in [2.05, 4.69) is 25.8 Å². The van der Waals surface area contributed by atoms with Crippen molar-refractivity contribution in [3.05, 3.63) is 24.0 Å². The topological polar surface area (TPSA) is 62.1 Å². The fourth-order valence-electron chi connectivity index (χ4n) is 3.32. The molecule has 0 spiro atoms. The number of aryl methyl sites for hydroxylation is 1. The van der Waals surface area contributed by atoms with Crippen LogP contribution in [0.15, 0.2) is 23.3 Å². The number of likely N-dealkylation sites (tertiary alicyclic amines) is 1. The lowest BCUT2D eigenvalue weighted by molar-refractivity contribution is 0.0168. The summed E-state index contributed by atoms with van der Waals surface area (Å²) < 4.78 is 7.63. The molecule has 2 rings (SSSR count). The van der Waals surface area contributed by atoms with Gasteiger partial charge in [0.05, 0.1) is 6.54 Å². The van der Waals surface area contributed by atoms with Gasteiger partial charge in [0.25, 0.3) is 0 Å². The fourth-order valence-corrected chi connectivity index (χ4v) is 3.32. The molecular weight excluding hydrogens is 469 g/mol. The highest BCUT2D eigenvalue weighted by Gasteiger charge is 2.27. The molecule has 0 saturated carbocycles. The Bertz CT molecular complexity index is 653. The van der Waals surface area contributed by atoms with E-state index in [4.69, 9.17) is 4.74 Å². The minimum atomic E-state index is -0.454. The molecule has 160 valence electrons. The number of aliphatic imine (C=N–C) groups is 1. The van der Waals surface area contributed by atoms with Crippen LogP contribution < -0.4 is 5.32 Å². The monoisotopic (exact) mass is 505 g/mol. The molecule has 28 heavy (non-hydrogen) atoms. The van der Waals surface area contributed by atoms with Gasteiger partial charge >= 0.3 is 6.09 Å². The molecule has 1 aromatic heterocycles. The molecule has 0 bridgehead atoms. The van der Waals surface area contributed by atoms with E-state index in [1.165, 1.54) is 5.69 Å². The lowest BCUT2D eigenvalue weighted by Gasteiger charge is -2.34. The molecule has 0 aliphatic carbocycles. The number of rotatable bonds is 4. The number of ether oxygens (including phenoxy) is 1. The lowest BCUT2D eigenvalue weighted by Crippen LogP contribution is -2.47. The van der Waals surface area contributed by atoms with E-state index < -0.39 is 5.60 Å². The van der Waals surface area contributed by atoms with Crippen molar-refractivity contribution in [1.82, 2.24) is 19.7 Å². The van der Waals surface area contributed by atoms with Gasteiger partial charge in [0, 0.05) is 52.7 Å². The van der Waals surface area contributed by atoms with Crippen LogP contribution in [0, 0.1) is 5.92 Å². The molecule has 1 aliphatic heterocycles. The van der Waals surface area contributed by atoms with Crippen LogP contribution in [0.3, 0.4) is 0 Å². The Morgan fingerprint density at radius 3 is 2.71 bits per heavy atom. The minimum absolute atomic E-state index is 0. The first kappa shape index (κ1) is 24.6. The van der Waals surface area contributed by atoms with E-state index >= 15 is 0 Å². The predicted molar refractivity (Wildman–Crippen MR) is 124 cm³/mol. The van der Waals surface area contributed by atoms with E-state index in [1.54, 1.807) is 7.05 Å². The van der Waals surface area contributed by atoms with Gasteiger partial charge in [-0.05, 0) is 51.7 Å². The number of nitrogens with zero attached hydrogens (tertiary/aromatic N) is 4. The highest BCUT2D eigenvalue weighted by Crippen LogP contribution is 2.19. The summed E-state index contributed by atoms with van der Waals surface area (Å²) in [6, 6.07) is 4.16. The Balaban J connectivity index is 0.00000392. The van der Waals surface area contributed by atoms with Crippen LogP contribution in [0.5, 0.6) is 0 Å². The predicted octanol–water partition coefficient (Wildman–Crippen LogP) is 3.30. The first-order chi connectivity index (χ1) is 12.7. The number of amides is 1. The van der Waals surface area contributed by atoms with E-state index in [-0.39, 0.29) is 30.1 Å². The first-order valence-corrected chi connectivity index (χ1v) is 9.69. The molecular formula is C20H36IN5O2. The zero-order valence-electron chi connectivity index (χ0n) is 18.1. The molecule has 1 aromatic rings. The Morgan fingerprint density at radius 1 is 1.43 bits per heavy atom. The molecule has 7 nitrogen and oxygen atoms in total. The Hall–Kier alpha value is -1.45. The second-order valence-electron chi connectivity index (χ2n) is 8.33. The molecule has 8 heteroatoms. The lowest BCUT2D eigenvalue weighted by atomic mass is 9.98. The smallest absolute Gasteiger partial charge is 0.410 e. The van der Waals surface area contributed by atoms with E-state index in [0.717, 1.165) is 45.0 Å². The molecule has 1 unspecified atom stereocenters. The van der Waals surface area contributed by atoms with Crippen LogP contribution >= 0.6 is 24.0 Å². The van der Waals surface area contributed by atoms with Crippen LogP contribution in [0.4, 0.5) is 4.79 Å². The van der Waals surface area contributed by atoms with Gasteiger partial charge in [-0.2, -0.15) is 0 Å². The minimum Gasteiger partial charge on any atom is -0.444 e. The second-order valence-corrected chi connectivity index (χ2v) is 8.33. The van der Waals surface area contributed by atoms with Gasteiger partial charge in [0.1, 0.15) is 5.60 Å². The summed E-state index contributed by atoms with van der Waals surface area (Å²) in [4.78, 5) is 20.7. The summed E-state index contributed by atoms with van der Waals surface area (Å²) in [5, 5.41) is 3.47. The summed E-state index contributed by atoms with van der Waals surface area (Å²) >= 11 is 0. The zero-order chi connectivity index (χ0) is 20.0. The quantitative estimate of drug-likeness (QED) is 0.388. The summed E-state index contributed by atoms with van der Waals surface area (Å²) in [7, 11) is 5.89. The molecule has 0 aromatic carbocycles. The van der Waals surface area contributed by atoms with Crippen molar-refractivity contribution in [2.45, 2.75) is 45.8 Å². The van der Waals surface area contributed by atoms with Gasteiger partial charge in [-0.1, -0.05) is 0 Å². The number of hydrogen-bond donors (Lipinski definition) is 1. The van der Waals surface area contributed by atoms with Gasteiger partial charge < -0.3 is 24.4 Å². The maximum absolute atomic E-state index is 12.3. The van der Waals surface area contributed by atoms with E-state index in [1.807, 2.05) is 52.0 Å². The zero-order valence-corrected chi connectivity index (χ0v) is 20.4. The Morgan fingerprint density at radius 2 is 2.14 bits per heavy atom. The molecule has 1 N–H and O–H groups in total. The molecule has 1 amide bonds. The van der Waals surface area contributed by atoms with Crippen molar-refractivity contribution in [1.29, 1.82) is 0 Å². The number of carbonyl (C=O) groups excluding carboxylic acids is 1. The van der Waals surface area contributed by atoms with Crippen LogP contribution in [0.1, 0.15) is 39.3 Å². The van der Waals surface area contributed by atoms with Crippen molar-refractivity contribution in [3.63, 3.8) is 0 Å². The molecule has 0 radical (unpaired) electrons. The summed E-state index contributed by atoms with van der Waals surface area (Å²) in [5.41, 5.74) is 0.776. The normalized spacial score (nSPS) is 17.7. The highest BCUT2D eigenvalue weighted by atomic mass is 127. The maximum atomic E-state index is 12.3.